The van der Waals surface area contributed by atoms with Crippen molar-refractivity contribution in [2.75, 3.05) is 6.54 Å². The lowest BCUT2D eigenvalue weighted by Crippen LogP contribution is -2.36. The normalized spacial score (nSPS) is 19.9. The molecular formula is C28H41N3. The van der Waals surface area contributed by atoms with Gasteiger partial charge in [0.05, 0.1) is 0 Å². The van der Waals surface area contributed by atoms with Crippen molar-refractivity contribution in [2.24, 2.45) is 0 Å². The molecule has 31 heavy (non-hydrogen) atoms. The first-order chi connectivity index (χ1) is 15.1. The minimum atomic E-state index is 0.633. The van der Waals surface area contributed by atoms with Crippen molar-refractivity contribution >= 4 is 0 Å². The Kier molecular flexibility index (Phi) is 7.42. The van der Waals surface area contributed by atoms with E-state index in [1.165, 1.54) is 85.9 Å². The number of allylic oxidation sites excluding steroid dienone is 1. The molecule has 2 saturated carbocycles. The van der Waals surface area contributed by atoms with E-state index in [0.29, 0.717) is 12.1 Å². The Hall–Kier alpha value is -2.16. The molecule has 0 unspecified atom stereocenters. The van der Waals surface area contributed by atoms with E-state index in [-0.39, 0.29) is 0 Å². The monoisotopic (exact) mass is 419 g/mol. The summed E-state index contributed by atoms with van der Waals surface area (Å²) in [6.45, 7) is 15.8. The fourth-order valence-corrected chi connectivity index (χ4v) is 5.76. The van der Waals surface area contributed by atoms with Crippen LogP contribution in [0.25, 0.3) is 0 Å². The van der Waals surface area contributed by atoms with Crippen LogP contribution in [0.1, 0.15) is 80.9 Å². The average molecular weight is 420 g/mol. The molecule has 1 heterocycles. The smallest absolute Gasteiger partial charge is 0.0432 e. The molecule has 0 spiro atoms. The molecule has 4 rings (SSSR count). The highest BCUT2D eigenvalue weighted by molar-refractivity contribution is 5.40. The first-order valence-electron chi connectivity index (χ1n) is 12.5. The second-order valence-electron chi connectivity index (χ2n) is 9.85. The number of hydrogen-bond acceptors (Lipinski definition) is 3. The van der Waals surface area contributed by atoms with E-state index in [9.17, 15) is 0 Å². The number of hydrogen-bond donors (Lipinski definition) is 1. The zero-order valence-electron chi connectivity index (χ0n) is 19.4. The predicted octanol–water partition coefficient (Wildman–Crippen LogP) is 6.27. The highest BCUT2D eigenvalue weighted by atomic mass is 15.2. The zero-order chi connectivity index (χ0) is 21.6. The number of nitrogens with one attached hydrogen (secondary N) is 1. The Labute approximate surface area is 189 Å². The molecule has 0 aromatic heterocycles. The molecule has 1 N–H and O–H groups in total. The van der Waals surface area contributed by atoms with Gasteiger partial charge in [-0.05, 0) is 48.6 Å². The minimum Gasteiger partial charge on any atom is -0.386 e. The molecule has 2 aliphatic carbocycles. The third-order valence-electron chi connectivity index (χ3n) is 7.61. The van der Waals surface area contributed by atoms with Crippen LogP contribution >= 0.6 is 0 Å². The Morgan fingerprint density at radius 2 is 1.84 bits per heavy atom. The fourth-order valence-electron chi connectivity index (χ4n) is 5.76. The Morgan fingerprint density at radius 3 is 2.58 bits per heavy atom. The number of fused-ring (bicyclic) bond motifs is 1. The van der Waals surface area contributed by atoms with E-state index in [4.69, 9.17) is 0 Å². The van der Waals surface area contributed by atoms with Crippen molar-refractivity contribution in [3.63, 3.8) is 0 Å². The van der Waals surface area contributed by atoms with E-state index in [1.807, 2.05) is 6.20 Å². The van der Waals surface area contributed by atoms with E-state index in [2.05, 4.69) is 53.1 Å². The van der Waals surface area contributed by atoms with Gasteiger partial charge in [0, 0.05) is 56.0 Å². The number of benzene rings is 1. The van der Waals surface area contributed by atoms with Gasteiger partial charge in [-0.25, -0.2) is 0 Å². The molecule has 168 valence electrons. The Bertz CT molecular complexity index is 783. The highest BCUT2D eigenvalue weighted by Crippen LogP contribution is 2.34. The molecule has 0 bridgehead atoms. The van der Waals surface area contributed by atoms with Gasteiger partial charge >= 0.3 is 0 Å². The molecule has 1 aromatic rings. The van der Waals surface area contributed by atoms with Gasteiger partial charge < -0.3 is 15.1 Å². The zero-order valence-corrected chi connectivity index (χ0v) is 19.4. The Morgan fingerprint density at radius 1 is 1.10 bits per heavy atom. The predicted molar refractivity (Wildman–Crippen MR) is 131 cm³/mol. The maximum absolute atomic E-state index is 4.47. The van der Waals surface area contributed by atoms with E-state index < -0.39 is 0 Å². The first kappa shape index (κ1) is 22.0. The van der Waals surface area contributed by atoms with Crippen molar-refractivity contribution in [3.05, 3.63) is 72.2 Å². The molecule has 0 atom stereocenters. The van der Waals surface area contributed by atoms with Gasteiger partial charge in [-0.1, -0.05) is 70.0 Å². The molecule has 0 radical (unpaired) electrons. The summed E-state index contributed by atoms with van der Waals surface area (Å²) in [5, 5.41) is 3.68. The van der Waals surface area contributed by atoms with Crippen LogP contribution in [0.15, 0.2) is 55.5 Å². The third kappa shape index (κ3) is 5.56. The van der Waals surface area contributed by atoms with Crippen LogP contribution in [-0.2, 0) is 19.5 Å². The van der Waals surface area contributed by atoms with Crippen molar-refractivity contribution in [1.29, 1.82) is 0 Å². The molecule has 0 amide bonds. The number of rotatable bonds is 9. The van der Waals surface area contributed by atoms with Crippen molar-refractivity contribution in [3.8, 4) is 0 Å². The summed E-state index contributed by atoms with van der Waals surface area (Å²) in [7, 11) is 0. The molecule has 3 aliphatic rings. The van der Waals surface area contributed by atoms with Gasteiger partial charge in [0.1, 0.15) is 0 Å². The number of nitrogens with zero attached hydrogens (tertiary/aromatic N) is 2. The second-order valence-corrected chi connectivity index (χ2v) is 9.85. The summed E-state index contributed by atoms with van der Waals surface area (Å²) in [6, 6.07) is 8.19. The van der Waals surface area contributed by atoms with Gasteiger partial charge in [-0.3, -0.25) is 0 Å². The van der Waals surface area contributed by atoms with Crippen LogP contribution < -0.4 is 5.32 Å². The van der Waals surface area contributed by atoms with Crippen LogP contribution in [0.4, 0.5) is 0 Å². The summed E-state index contributed by atoms with van der Waals surface area (Å²) in [5.74, 6) is 0. The van der Waals surface area contributed by atoms with E-state index >= 15 is 0 Å². The maximum Gasteiger partial charge on any atom is 0.0432 e. The summed E-state index contributed by atoms with van der Waals surface area (Å²) in [5.41, 5.74) is 6.89. The minimum absolute atomic E-state index is 0.633. The van der Waals surface area contributed by atoms with Crippen LogP contribution in [0, 0.1) is 0 Å². The van der Waals surface area contributed by atoms with Gasteiger partial charge in [-0.2, -0.15) is 0 Å². The Balaban J connectivity index is 1.35. The summed E-state index contributed by atoms with van der Waals surface area (Å²) < 4.78 is 0. The summed E-state index contributed by atoms with van der Waals surface area (Å²) in [6.07, 6.45) is 16.0. The van der Waals surface area contributed by atoms with Crippen molar-refractivity contribution in [2.45, 2.75) is 95.8 Å². The molecule has 1 aliphatic heterocycles. The standard InChI is InChI=1S/C28H41N3/c1-4-30(18-17-22(2)29-26-13-6-5-7-14-26)20-24-11-10-12-25-21-31(23(3)19-28(24)25)27-15-8-9-16-27/h4,10-12,26-27,29H,1-3,5-9,13-21H2. The van der Waals surface area contributed by atoms with Gasteiger partial charge in [0.25, 0.3) is 0 Å². The fraction of sp³-hybridized carbons (Fsp3) is 0.571. The van der Waals surface area contributed by atoms with Crippen LogP contribution in [0.2, 0.25) is 0 Å². The van der Waals surface area contributed by atoms with Gasteiger partial charge in [0.15, 0.2) is 0 Å². The van der Waals surface area contributed by atoms with Gasteiger partial charge in [0.2, 0.25) is 0 Å². The van der Waals surface area contributed by atoms with Crippen LogP contribution in [0.3, 0.4) is 0 Å². The van der Waals surface area contributed by atoms with Crippen molar-refractivity contribution < 1.29 is 0 Å². The molecule has 3 heteroatoms. The van der Waals surface area contributed by atoms with Crippen LogP contribution in [-0.4, -0.2) is 28.4 Å². The maximum atomic E-state index is 4.47. The molecule has 3 nitrogen and oxygen atoms in total. The second kappa shape index (κ2) is 10.4. The highest BCUT2D eigenvalue weighted by Gasteiger charge is 2.28. The molecule has 2 fully saturated rings. The third-order valence-corrected chi connectivity index (χ3v) is 7.61. The van der Waals surface area contributed by atoms with Crippen LogP contribution in [0.5, 0.6) is 0 Å². The SMILES string of the molecule is C=CN(CCC(=C)NC1CCCCC1)Cc1cccc2c1CC(=C)N(C1CCCC1)C2. The largest absolute Gasteiger partial charge is 0.386 e. The lowest BCUT2D eigenvalue weighted by atomic mass is 9.91. The topological polar surface area (TPSA) is 18.5 Å². The lowest BCUT2D eigenvalue weighted by molar-refractivity contribution is 0.232. The van der Waals surface area contributed by atoms with E-state index in [1.54, 1.807) is 0 Å². The summed E-state index contributed by atoms with van der Waals surface area (Å²) in [4.78, 5) is 4.93. The first-order valence-corrected chi connectivity index (χ1v) is 12.5. The molecular weight excluding hydrogens is 378 g/mol. The quantitative estimate of drug-likeness (QED) is 0.509. The molecule has 1 aromatic carbocycles. The van der Waals surface area contributed by atoms with Crippen molar-refractivity contribution in [1.82, 2.24) is 15.1 Å². The lowest BCUT2D eigenvalue weighted by Gasteiger charge is -2.38. The van der Waals surface area contributed by atoms with E-state index in [0.717, 1.165) is 32.5 Å². The average Bonchev–Trinajstić information content (AvgIpc) is 3.32. The summed E-state index contributed by atoms with van der Waals surface area (Å²) >= 11 is 0. The van der Waals surface area contributed by atoms with Gasteiger partial charge in [-0.15, -0.1) is 0 Å². The molecule has 0 saturated heterocycles.